The molecule has 4 heterocycles. The Morgan fingerprint density at radius 1 is 0.980 bits per heavy atom. The Kier molecular flexibility index (Phi) is 9.96. The number of amides is 1. The number of alkyl halides is 3. The van der Waals surface area contributed by atoms with Crippen molar-refractivity contribution in [2.24, 2.45) is 0 Å². The van der Waals surface area contributed by atoms with Crippen LogP contribution in [-0.2, 0) is 9.47 Å². The van der Waals surface area contributed by atoms with E-state index in [0.29, 0.717) is 59.7 Å². The maximum absolute atomic E-state index is 15.4. The third-order valence-electron chi connectivity index (χ3n) is 8.66. The van der Waals surface area contributed by atoms with Crippen LogP contribution in [0.15, 0.2) is 66.9 Å². The van der Waals surface area contributed by atoms with Crippen LogP contribution in [-0.4, -0.2) is 63.3 Å². The summed E-state index contributed by atoms with van der Waals surface area (Å²) < 4.78 is 71.0. The molecule has 260 valence electrons. The minimum Gasteiger partial charge on any atom is -0.444 e. The van der Waals surface area contributed by atoms with Gasteiger partial charge in [-0.15, -0.1) is 5.10 Å². The zero-order valence-corrected chi connectivity index (χ0v) is 27.9. The minimum atomic E-state index is -4.52. The topological polar surface area (TPSA) is 81.5 Å². The summed E-state index contributed by atoms with van der Waals surface area (Å²) in [6, 6.07) is 16.7. The fourth-order valence-corrected chi connectivity index (χ4v) is 6.51. The molecule has 2 atom stereocenters. The van der Waals surface area contributed by atoms with Gasteiger partial charge in [-0.25, -0.2) is 14.5 Å². The lowest BCUT2D eigenvalue weighted by Gasteiger charge is -2.34. The van der Waals surface area contributed by atoms with Gasteiger partial charge in [-0.05, 0) is 99.4 Å². The van der Waals surface area contributed by atoms with Crippen molar-refractivity contribution in [3.05, 3.63) is 89.5 Å². The summed E-state index contributed by atoms with van der Waals surface area (Å²) in [6.07, 6.45) is -0.843. The smallest absolute Gasteiger partial charge is 0.410 e. The lowest BCUT2D eigenvalue weighted by Crippen LogP contribution is -2.47. The molecular weight excluding hydrogens is 638 g/mol. The van der Waals surface area contributed by atoms with Crippen molar-refractivity contribution < 1.29 is 31.8 Å². The largest absolute Gasteiger partial charge is 0.444 e. The van der Waals surface area contributed by atoms with Gasteiger partial charge in [0, 0.05) is 37.5 Å². The van der Waals surface area contributed by atoms with Crippen LogP contribution in [0.5, 0.6) is 0 Å². The number of pyridine rings is 1. The Balaban J connectivity index is 1.37. The summed E-state index contributed by atoms with van der Waals surface area (Å²) in [7, 11) is 0. The number of allylic oxidation sites excluding steroid dienone is 1. The summed E-state index contributed by atoms with van der Waals surface area (Å²) in [4.78, 5) is 18.9. The summed E-state index contributed by atoms with van der Waals surface area (Å²) >= 11 is 0. The van der Waals surface area contributed by atoms with Crippen molar-refractivity contribution in [1.82, 2.24) is 19.7 Å². The van der Waals surface area contributed by atoms with Crippen molar-refractivity contribution in [3.8, 4) is 0 Å². The maximum Gasteiger partial charge on any atom is 0.410 e. The summed E-state index contributed by atoms with van der Waals surface area (Å²) in [5, 5.41) is 7.69. The Morgan fingerprint density at radius 2 is 1.76 bits per heavy atom. The number of piperidine rings is 1. The van der Waals surface area contributed by atoms with Gasteiger partial charge in [0.15, 0.2) is 6.23 Å². The van der Waals surface area contributed by atoms with Crippen molar-refractivity contribution >= 4 is 34.0 Å². The molecule has 2 fully saturated rings. The predicted molar refractivity (Wildman–Crippen MR) is 180 cm³/mol. The molecule has 4 aromatic rings. The molecule has 1 amide bonds. The van der Waals surface area contributed by atoms with E-state index in [1.165, 1.54) is 10.9 Å². The van der Waals surface area contributed by atoms with E-state index >= 15 is 4.39 Å². The Labute approximate surface area is 283 Å². The molecule has 8 nitrogen and oxygen atoms in total. The molecule has 2 saturated heterocycles. The molecule has 6 rings (SSSR count). The molecule has 2 aliphatic heterocycles. The predicted octanol–water partition coefficient (Wildman–Crippen LogP) is 8.99. The number of halogens is 4. The molecule has 0 aliphatic carbocycles. The molecule has 0 spiro atoms. The number of nitrogens with one attached hydrogen (secondary N) is 1. The Bertz CT molecular complexity index is 1790. The van der Waals surface area contributed by atoms with E-state index in [1.807, 2.05) is 20.8 Å². The highest BCUT2D eigenvalue weighted by Crippen LogP contribution is 2.40. The van der Waals surface area contributed by atoms with Gasteiger partial charge in [0.2, 0.25) is 5.95 Å². The number of likely N-dealkylation sites (tertiary alicyclic amines) is 1. The maximum atomic E-state index is 15.4. The van der Waals surface area contributed by atoms with E-state index in [0.717, 1.165) is 25.7 Å². The number of rotatable bonds is 7. The summed E-state index contributed by atoms with van der Waals surface area (Å²) in [5.74, 6) is -0.195. The lowest BCUT2D eigenvalue weighted by atomic mass is 9.88. The second-order valence-electron chi connectivity index (χ2n) is 13.6. The second-order valence-corrected chi connectivity index (χ2v) is 13.6. The number of aromatic nitrogens is 3. The number of fused-ring (bicyclic) bond motifs is 1. The van der Waals surface area contributed by atoms with E-state index in [9.17, 15) is 18.0 Å². The number of carbonyl (C=O) groups is 1. The molecule has 1 unspecified atom stereocenters. The van der Waals surface area contributed by atoms with E-state index in [1.54, 1.807) is 65.6 Å². The lowest BCUT2D eigenvalue weighted by molar-refractivity contribution is -0.122. The van der Waals surface area contributed by atoms with Gasteiger partial charge in [0.1, 0.15) is 11.4 Å². The highest BCUT2D eigenvalue weighted by atomic mass is 19.4. The van der Waals surface area contributed by atoms with E-state index < -0.39 is 30.4 Å². The first-order chi connectivity index (χ1) is 23.3. The van der Waals surface area contributed by atoms with Gasteiger partial charge in [-0.2, -0.15) is 17.6 Å². The highest BCUT2D eigenvalue weighted by Gasteiger charge is 2.32. The third kappa shape index (κ3) is 8.41. The third-order valence-corrected chi connectivity index (χ3v) is 8.66. The molecule has 0 saturated carbocycles. The first-order valence-electron chi connectivity index (χ1n) is 16.7. The van der Waals surface area contributed by atoms with Crippen LogP contribution in [0.4, 0.5) is 28.2 Å². The molecule has 1 N–H and O–H groups in total. The van der Waals surface area contributed by atoms with E-state index in [4.69, 9.17) is 9.47 Å². The number of hydrogen-bond donors (Lipinski definition) is 1. The van der Waals surface area contributed by atoms with Crippen molar-refractivity contribution in [3.63, 3.8) is 0 Å². The highest BCUT2D eigenvalue weighted by molar-refractivity contribution is 6.00. The van der Waals surface area contributed by atoms with Gasteiger partial charge in [-0.1, -0.05) is 36.4 Å². The standard InChI is InChI=1S/C37H41F4N5O3/c1-36(2,3)49-35(47)45-18-9-12-27(23-45)43-31-17-15-26(22-42-31)33(29(21-37(39,40)41)24-10-5-4-6-11-24)25-14-16-30-28(20-25)34(38)44-46(30)32-13-7-8-19-48-32/h4-6,10-11,14-17,20,22,27,32H,7-9,12-13,18-19,21,23H2,1-3H3,(H,42,43)/b33-29-/t27-,32?/m1/s1. The Hall–Kier alpha value is -4.45. The normalized spacial score (nSPS) is 19.4. The zero-order valence-electron chi connectivity index (χ0n) is 27.9. The molecule has 12 heteroatoms. The van der Waals surface area contributed by atoms with Gasteiger partial charge < -0.3 is 19.7 Å². The number of hydrogen-bond acceptors (Lipinski definition) is 6. The van der Waals surface area contributed by atoms with Crippen LogP contribution in [0, 0.1) is 5.95 Å². The average molecular weight is 680 g/mol. The molecule has 0 bridgehead atoms. The number of benzene rings is 2. The van der Waals surface area contributed by atoms with Gasteiger partial charge >= 0.3 is 12.3 Å². The molecule has 2 aliphatic rings. The minimum absolute atomic E-state index is 0.0404. The molecule has 2 aromatic heterocycles. The summed E-state index contributed by atoms with van der Waals surface area (Å²) in [5.41, 5.74) is 1.48. The first kappa shape index (κ1) is 34.4. The molecular formula is C37H41F4N5O3. The number of nitrogens with zero attached hydrogens (tertiary/aromatic N) is 4. The van der Waals surface area contributed by atoms with Crippen LogP contribution in [0.1, 0.15) is 82.2 Å². The molecule has 49 heavy (non-hydrogen) atoms. The molecule has 0 radical (unpaired) electrons. The van der Waals surface area contributed by atoms with E-state index in [2.05, 4.69) is 15.4 Å². The second kappa shape index (κ2) is 14.2. The number of ether oxygens (including phenoxy) is 2. The average Bonchev–Trinajstić information content (AvgIpc) is 3.40. The fraction of sp³-hybridized carbons (Fsp3) is 0.432. The quantitative estimate of drug-likeness (QED) is 0.155. The van der Waals surface area contributed by atoms with Crippen molar-refractivity contribution in [2.45, 2.75) is 83.3 Å². The van der Waals surface area contributed by atoms with Crippen LogP contribution in [0.3, 0.4) is 0 Å². The first-order valence-corrected chi connectivity index (χ1v) is 16.7. The fourth-order valence-electron chi connectivity index (χ4n) is 6.51. The zero-order chi connectivity index (χ0) is 34.8. The Morgan fingerprint density at radius 3 is 2.43 bits per heavy atom. The van der Waals surface area contributed by atoms with Crippen LogP contribution in [0.2, 0.25) is 0 Å². The summed E-state index contributed by atoms with van der Waals surface area (Å²) in [6.45, 7) is 7.04. The molecule has 2 aromatic carbocycles. The number of carbonyl (C=O) groups excluding carboxylic acids is 1. The van der Waals surface area contributed by atoms with Gasteiger partial charge in [0.25, 0.3) is 0 Å². The van der Waals surface area contributed by atoms with Crippen molar-refractivity contribution in [1.29, 1.82) is 0 Å². The number of anilines is 1. The SMILES string of the molecule is CC(C)(C)OC(=O)N1CCC[C@@H](Nc2ccc(/C(=C(/CC(F)(F)F)c3ccccc3)c3ccc4c(c3)c(F)nn4C3CCCCO3)cn2)C1. The van der Waals surface area contributed by atoms with E-state index in [-0.39, 0.29) is 23.1 Å². The van der Waals surface area contributed by atoms with Crippen LogP contribution < -0.4 is 5.32 Å². The van der Waals surface area contributed by atoms with Gasteiger partial charge in [0.05, 0.1) is 17.3 Å². The van der Waals surface area contributed by atoms with Crippen LogP contribution >= 0.6 is 0 Å². The van der Waals surface area contributed by atoms with Crippen LogP contribution in [0.25, 0.3) is 22.0 Å². The monoisotopic (exact) mass is 679 g/mol. The van der Waals surface area contributed by atoms with Crippen molar-refractivity contribution in [2.75, 3.05) is 25.0 Å². The van der Waals surface area contributed by atoms with Gasteiger partial charge in [-0.3, -0.25) is 0 Å².